The first-order valence-electron chi connectivity index (χ1n) is 11.1. The van der Waals surface area contributed by atoms with Gasteiger partial charge in [-0.3, -0.25) is 4.98 Å². The highest BCUT2D eigenvalue weighted by Crippen LogP contribution is 2.30. The first-order valence-corrected chi connectivity index (χ1v) is 11.1. The molecule has 1 aliphatic rings. The molecule has 0 spiro atoms. The molecule has 0 radical (unpaired) electrons. The molecule has 0 aliphatic carbocycles. The first kappa shape index (κ1) is 21.5. The lowest BCUT2D eigenvalue weighted by atomic mass is 10.0. The van der Waals surface area contributed by atoms with Crippen molar-refractivity contribution in [1.82, 2.24) is 10.3 Å². The third-order valence-corrected chi connectivity index (χ3v) is 5.57. The van der Waals surface area contributed by atoms with Gasteiger partial charge < -0.3 is 20.2 Å². The van der Waals surface area contributed by atoms with E-state index < -0.39 is 0 Å². The molecule has 3 aromatic carbocycles. The van der Waals surface area contributed by atoms with Gasteiger partial charge in [0.15, 0.2) is 6.10 Å². The fourth-order valence-electron chi connectivity index (χ4n) is 3.89. The number of ether oxygens (including phenoxy) is 1. The minimum absolute atomic E-state index is 0.200. The van der Waals surface area contributed by atoms with E-state index in [4.69, 9.17) is 9.57 Å². The molecule has 1 aromatic heterocycles. The van der Waals surface area contributed by atoms with E-state index >= 15 is 0 Å². The lowest BCUT2D eigenvalue weighted by molar-refractivity contribution is 0.0472. The number of amides is 2. The fraction of sp³-hybridized carbons (Fsp3) is 0.148. The molecule has 4 aromatic rings. The lowest BCUT2D eigenvalue weighted by Gasteiger charge is -2.14. The zero-order valence-corrected chi connectivity index (χ0v) is 18.5. The van der Waals surface area contributed by atoms with Crippen LogP contribution in [0, 0.1) is 0 Å². The molecule has 7 heteroatoms. The molecule has 1 aliphatic heterocycles. The Morgan fingerprint density at radius 2 is 1.85 bits per heavy atom. The van der Waals surface area contributed by atoms with Crippen molar-refractivity contribution in [2.45, 2.75) is 12.5 Å². The zero-order chi connectivity index (χ0) is 23.2. The number of nitrogens with zero attached hydrogens (tertiary/aromatic N) is 2. The first-order chi connectivity index (χ1) is 16.8. The summed E-state index contributed by atoms with van der Waals surface area (Å²) in [6, 6.07) is 25.3. The van der Waals surface area contributed by atoms with Crippen LogP contribution in [0.1, 0.15) is 6.42 Å². The van der Waals surface area contributed by atoms with Gasteiger partial charge in [-0.2, -0.15) is 0 Å². The summed E-state index contributed by atoms with van der Waals surface area (Å²) in [7, 11) is 0. The Hall–Kier alpha value is -4.39. The Kier molecular flexibility index (Phi) is 6.34. The van der Waals surface area contributed by atoms with Crippen molar-refractivity contribution in [3.05, 3.63) is 91.3 Å². The van der Waals surface area contributed by atoms with Crippen molar-refractivity contribution in [1.29, 1.82) is 0 Å². The number of oxime groups is 1. The maximum Gasteiger partial charge on any atom is 0.319 e. The summed E-state index contributed by atoms with van der Waals surface area (Å²) in [5, 5.41) is 11.8. The second-order valence-electron chi connectivity index (χ2n) is 7.97. The number of carbonyl (C=O) groups is 1. The maximum atomic E-state index is 12.4. The quantitative estimate of drug-likeness (QED) is 0.401. The van der Waals surface area contributed by atoms with Gasteiger partial charge in [0.25, 0.3) is 0 Å². The SMILES string of the molecule is O=C(NCC1=NOC(COc2ccccc2-c2ccccc2)C1)Nc1cccc2cnccc12. The van der Waals surface area contributed by atoms with Crippen molar-refractivity contribution in [3.8, 4) is 16.9 Å². The average molecular weight is 453 g/mol. The Balaban J connectivity index is 1.11. The number of pyridine rings is 1. The van der Waals surface area contributed by atoms with Crippen LogP contribution >= 0.6 is 0 Å². The Morgan fingerprint density at radius 1 is 1.00 bits per heavy atom. The van der Waals surface area contributed by atoms with E-state index in [1.54, 1.807) is 12.4 Å². The normalized spacial score (nSPS) is 14.8. The molecule has 1 atom stereocenters. The highest BCUT2D eigenvalue weighted by Gasteiger charge is 2.22. The number of aromatic nitrogens is 1. The minimum Gasteiger partial charge on any atom is -0.489 e. The topological polar surface area (TPSA) is 84.8 Å². The molecule has 2 heterocycles. The summed E-state index contributed by atoms with van der Waals surface area (Å²) in [5.41, 5.74) is 3.62. The van der Waals surface area contributed by atoms with Crippen molar-refractivity contribution in [2.75, 3.05) is 18.5 Å². The predicted octanol–water partition coefficient (Wildman–Crippen LogP) is 5.25. The monoisotopic (exact) mass is 452 g/mol. The van der Waals surface area contributed by atoms with Crippen LogP contribution in [-0.2, 0) is 4.84 Å². The molecule has 34 heavy (non-hydrogen) atoms. The second kappa shape index (κ2) is 10.0. The standard InChI is InChI=1S/C27H24N4O3/c32-27(30-25-11-6-9-20-16-28-14-13-23(20)25)29-17-21-15-22(34-31-21)18-33-26-12-5-4-10-24(26)19-7-2-1-3-8-19/h1-14,16,22H,15,17-18H2,(H2,29,30,32). The van der Waals surface area contributed by atoms with Crippen LogP contribution in [-0.4, -0.2) is 36.0 Å². The van der Waals surface area contributed by atoms with Crippen LogP contribution < -0.4 is 15.4 Å². The van der Waals surface area contributed by atoms with Gasteiger partial charge in [-0.15, -0.1) is 0 Å². The third kappa shape index (κ3) is 4.99. The highest BCUT2D eigenvalue weighted by atomic mass is 16.7. The van der Waals surface area contributed by atoms with E-state index in [-0.39, 0.29) is 12.1 Å². The van der Waals surface area contributed by atoms with Gasteiger partial charge in [-0.05, 0) is 23.8 Å². The van der Waals surface area contributed by atoms with Crippen molar-refractivity contribution >= 4 is 28.2 Å². The van der Waals surface area contributed by atoms with E-state index in [9.17, 15) is 4.79 Å². The largest absolute Gasteiger partial charge is 0.489 e. The van der Waals surface area contributed by atoms with Crippen LogP contribution in [0.25, 0.3) is 21.9 Å². The molecule has 170 valence electrons. The Bertz CT molecular complexity index is 1320. The summed E-state index contributed by atoms with van der Waals surface area (Å²) in [6.07, 6.45) is 3.86. The van der Waals surface area contributed by atoms with Crippen LogP contribution in [0.15, 0.2) is 96.4 Å². The third-order valence-electron chi connectivity index (χ3n) is 5.57. The maximum absolute atomic E-state index is 12.4. The van der Waals surface area contributed by atoms with Crippen LogP contribution in [0.2, 0.25) is 0 Å². The second-order valence-corrected chi connectivity index (χ2v) is 7.97. The van der Waals surface area contributed by atoms with Gasteiger partial charge >= 0.3 is 6.03 Å². The van der Waals surface area contributed by atoms with E-state index in [1.165, 1.54) is 0 Å². The van der Waals surface area contributed by atoms with Gasteiger partial charge in [0.1, 0.15) is 12.4 Å². The van der Waals surface area contributed by atoms with Gasteiger partial charge in [0, 0.05) is 35.2 Å². The fourth-order valence-corrected chi connectivity index (χ4v) is 3.89. The molecule has 0 saturated carbocycles. The van der Waals surface area contributed by atoms with E-state index in [0.29, 0.717) is 19.6 Å². The smallest absolute Gasteiger partial charge is 0.319 e. The predicted molar refractivity (Wildman–Crippen MR) is 133 cm³/mol. The lowest BCUT2D eigenvalue weighted by Crippen LogP contribution is -2.33. The Labute approximate surface area is 197 Å². The molecule has 0 fully saturated rings. The van der Waals surface area contributed by atoms with Crippen LogP contribution in [0.5, 0.6) is 5.75 Å². The summed E-state index contributed by atoms with van der Waals surface area (Å²) in [6.45, 7) is 0.669. The molecule has 0 bridgehead atoms. The summed E-state index contributed by atoms with van der Waals surface area (Å²) in [4.78, 5) is 22.1. The van der Waals surface area contributed by atoms with E-state index in [2.05, 4.69) is 32.9 Å². The number of hydrogen-bond donors (Lipinski definition) is 2. The number of rotatable bonds is 7. The van der Waals surface area contributed by atoms with Crippen molar-refractivity contribution in [2.24, 2.45) is 5.16 Å². The number of carbonyl (C=O) groups excluding carboxylic acids is 1. The molecule has 2 N–H and O–H groups in total. The van der Waals surface area contributed by atoms with E-state index in [1.807, 2.05) is 66.7 Å². The molecule has 5 rings (SSSR count). The van der Waals surface area contributed by atoms with Crippen LogP contribution in [0.4, 0.5) is 10.5 Å². The molecule has 0 saturated heterocycles. The minimum atomic E-state index is -0.302. The molecule has 2 amide bonds. The summed E-state index contributed by atoms with van der Waals surface area (Å²) >= 11 is 0. The van der Waals surface area contributed by atoms with Gasteiger partial charge in [0.2, 0.25) is 0 Å². The molecule has 7 nitrogen and oxygen atoms in total. The average Bonchev–Trinajstić information content (AvgIpc) is 3.35. The molecule has 1 unspecified atom stereocenters. The van der Waals surface area contributed by atoms with E-state index in [0.717, 1.165) is 39.0 Å². The van der Waals surface area contributed by atoms with Crippen molar-refractivity contribution < 1.29 is 14.4 Å². The summed E-state index contributed by atoms with van der Waals surface area (Å²) in [5.74, 6) is 0.800. The molecular weight excluding hydrogens is 428 g/mol. The number of para-hydroxylation sites is 1. The van der Waals surface area contributed by atoms with Crippen LogP contribution in [0.3, 0.4) is 0 Å². The number of hydrogen-bond acceptors (Lipinski definition) is 5. The number of urea groups is 1. The zero-order valence-electron chi connectivity index (χ0n) is 18.5. The summed E-state index contributed by atoms with van der Waals surface area (Å²) < 4.78 is 6.07. The molecular formula is C27H24N4O3. The number of anilines is 1. The van der Waals surface area contributed by atoms with Crippen molar-refractivity contribution in [3.63, 3.8) is 0 Å². The van der Waals surface area contributed by atoms with Gasteiger partial charge in [-0.1, -0.05) is 65.8 Å². The Morgan fingerprint density at radius 3 is 2.76 bits per heavy atom. The van der Waals surface area contributed by atoms with Gasteiger partial charge in [-0.25, -0.2) is 4.79 Å². The number of benzene rings is 3. The number of nitrogens with one attached hydrogen (secondary N) is 2. The number of fused-ring (bicyclic) bond motifs is 1. The van der Waals surface area contributed by atoms with Gasteiger partial charge in [0.05, 0.1) is 17.9 Å². The highest BCUT2D eigenvalue weighted by molar-refractivity contribution is 6.02.